The summed E-state index contributed by atoms with van der Waals surface area (Å²) in [5, 5.41) is 0.867. The van der Waals surface area contributed by atoms with Crippen LogP contribution in [0.25, 0.3) is 33.6 Å². The van der Waals surface area contributed by atoms with Crippen molar-refractivity contribution < 1.29 is 8.81 Å². The fourth-order valence-electron chi connectivity index (χ4n) is 3.87. The first-order valence-electron chi connectivity index (χ1n) is 9.83. The van der Waals surface area contributed by atoms with E-state index in [0.717, 1.165) is 58.5 Å². The highest BCUT2D eigenvalue weighted by atomic mass is 79.9. The molecule has 4 aromatic rings. The summed E-state index contributed by atoms with van der Waals surface area (Å²) in [7, 11) is 2.13. The lowest BCUT2D eigenvalue weighted by Gasteiger charge is -2.33. The van der Waals surface area contributed by atoms with Gasteiger partial charge in [0.25, 0.3) is 0 Å². The number of piperazine rings is 1. The number of likely N-dealkylation sites (N-methyl/N-ethyl adjacent to an activating group) is 1. The number of halogens is 2. The number of anilines is 1. The third-order valence-electron chi connectivity index (χ3n) is 5.51. The molecule has 0 aliphatic carbocycles. The van der Waals surface area contributed by atoms with Crippen LogP contribution in [0.3, 0.4) is 0 Å². The van der Waals surface area contributed by atoms with E-state index in [1.807, 2.05) is 24.3 Å². The van der Waals surface area contributed by atoms with Gasteiger partial charge in [-0.25, -0.2) is 14.4 Å². The quantitative estimate of drug-likeness (QED) is 0.414. The van der Waals surface area contributed by atoms with Crippen LogP contribution in [0, 0.1) is 5.82 Å². The Hall–Kier alpha value is -2.77. The van der Waals surface area contributed by atoms with Crippen LogP contribution < -0.4 is 4.90 Å². The molecule has 5 nitrogen and oxygen atoms in total. The maximum absolute atomic E-state index is 13.7. The van der Waals surface area contributed by atoms with Gasteiger partial charge in [-0.3, -0.25) is 0 Å². The Labute approximate surface area is 182 Å². The van der Waals surface area contributed by atoms with Gasteiger partial charge in [-0.2, -0.15) is 0 Å². The molecule has 3 heterocycles. The number of rotatable bonds is 3. The predicted octanol–water partition coefficient (Wildman–Crippen LogP) is 5.21. The maximum Gasteiger partial charge on any atom is 0.232 e. The zero-order valence-electron chi connectivity index (χ0n) is 16.5. The van der Waals surface area contributed by atoms with Gasteiger partial charge in [0.1, 0.15) is 23.7 Å². The summed E-state index contributed by atoms with van der Waals surface area (Å²) in [6.07, 6.45) is 1.55. The Balaban J connectivity index is 1.75. The Bertz CT molecular complexity index is 1180. The standard InChI is InChI=1S/C23H20BrFN4O/c1-28-10-12-29(13-11-28)22-20-19(15-4-8-18(25)9-5-15)21(30-23(20)27-14-26-22)16-2-6-17(24)7-3-16/h2-9,14H,10-13H2,1H3. The third-order valence-corrected chi connectivity index (χ3v) is 6.04. The molecule has 0 radical (unpaired) electrons. The number of fused-ring (bicyclic) bond motifs is 1. The summed E-state index contributed by atoms with van der Waals surface area (Å²) in [6, 6.07) is 14.5. The summed E-state index contributed by atoms with van der Waals surface area (Å²) >= 11 is 3.49. The van der Waals surface area contributed by atoms with Crippen LogP contribution in [0.15, 0.2) is 63.7 Å². The van der Waals surface area contributed by atoms with Crippen molar-refractivity contribution in [2.24, 2.45) is 0 Å². The van der Waals surface area contributed by atoms with E-state index in [9.17, 15) is 4.39 Å². The molecule has 2 aromatic carbocycles. The second kappa shape index (κ2) is 7.81. The second-order valence-corrected chi connectivity index (χ2v) is 8.40. The molecule has 7 heteroatoms. The number of hydrogen-bond donors (Lipinski definition) is 0. The van der Waals surface area contributed by atoms with Crippen molar-refractivity contribution in [3.63, 3.8) is 0 Å². The van der Waals surface area contributed by atoms with Gasteiger partial charge in [0.2, 0.25) is 5.71 Å². The Morgan fingerprint density at radius 1 is 0.900 bits per heavy atom. The van der Waals surface area contributed by atoms with E-state index in [4.69, 9.17) is 4.42 Å². The number of nitrogens with zero attached hydrogens (tertiary/aromatic N) is 4. The van der Waals surface area contributed by atoms with E-state index in [1.165, 1.54) is 12.1 Å². The van der Waals surface area contributed by atoms with Gasteiger partial charge in [0.15, 0.2) is 0 Å². The van der Waals surface area contributed by atoms with Crippen molar-refractivity contribution in [1.29, 1.82) is 0 Å². The molecule has 1 fully saturated rings. The average Bonchev–Trinajstić information content (AvgIpc) is 3.15. The summed E-state index contributed by atoms with van der Waals surface area (Å²) in [4.78, 5) is 13.6. The molecule has 0 saturated carbocycles. The molecule has 30 heavy (non-hydrogen) atoms. The molecule has 152 valence electrons. The Kier molecular flexibility index (Phi) is 5.00. The van der Waals surface area contributed by atoms with Crippen molar-refractivity contribution in [2.75, 3.05) is 38.1 Å². The molecule has 5 rings (SSSR count). The topological polar surface area (TPSA) is 45.4 Å². The van der Waals surface area contributed by atoms with Crippen molar-refractivity contribution in [3.05, 3.63) is 65.1 Å². The Morgan fingerprint density at radius 3 is 2.27 bits per heavy atom. The van der Waals surface area contributed by atoms with E-state index in [0.29, 0.717) is 11.5 Å². The van der Waals surface area contributed by atoms with Crippen LogP contribution in [0.2, 0.25) is 0 Å². The highest BCUT2D eigenvalue weighted by Gasteiger charge is 2.26. The van der Waals surface area contributed by atoms with Gasteiger partial charge >= 0.3 is 0 Å². The van der Waals surface area contributed by atoms with Crippen molar-refractivity contribution in [3.8, 4) is 22.5 Å². The minimum Gasteiger partial charge on any atom is -0.437 e. The first-order chi connectivity index (χ1) is 14.6. The summed E-state index contributed by atoms with van der Waals surface area (Å²) in [5.74, 6) is 1.30. The Morgan fingerprint density at radius 2 is 1.57 bits per heavy atom. The van der Waals surface area contributed by atoms with Crippen molar-refractivity contribution >= 4 is 32.8 Å². The molecule has 0 atom stereocenters. The average molecular weight is 467 g/mol. The highest BCUT2D eigenvalue weighted by molar-refractivity contribution is 9.10. The summed E-state index contributed by atoms with van der Waals surface area (Å²) in [6.45, 7) is 3.69. The number of aromatic nitrogens is 2. The van der Waals surface area contributed by atoms with Gasteiger partial charge in [0.05, 0.1) is 5.39 Å². The van der Waals surface area contributed by atoms with Crippen molar-refractivity contribution in [2.45, 2.75) is 0 Å². The van der Waals surface area contributed by atoms with Crippen LogP contribution in [-0.2, 0) is 0 Å². The van der Waals surface area contributed by atoms with Crippen molar-refractivity contribution in [1.82, 2.24) is 14.9 Å². The fourth-order valence-corrected chi connectivity index (χ4v) is 4.14. The van der Waals surface area contributed by atoms with Gasteiger partial charge in [0, 0.05) is 41.8 Å². The number of hydrogen-bond acceptors (Lipinski definition) is 5. The molecular weight excluding hydrogens is 447 g/mol. The summed E-state index contributed by atoms with van der Waals surface area (Å²) < 4.78 is 20.9. The second-order valence-electron chi connectivity index (χ2n) is 7.49. The monoisotopic (exact) mass is 466 g/mol. The molecule has 1 aliphatic rings. The molecule has 0 amide bonds. The normalized spacial score (nSPS) is 15.1. The first-order valence-corrected chi connectivity index (χ1v) is 10.6. The van der Waals surface area contributed by atoms with E-state index >= 15 is 0 Å². The van der Waals surface area contributed by atoms with Gasteiger partial charge in [-0.1, -0.05) is 40.2 Å². The highest BCUT2D eigenvalue weighted by Crippen LogP contribution is 2.43. The van der Waals surface area contributed by atoms with Crippen LogP contribution in [0.1, 0.15) is 0 Å². The maximum atomic E-state index is 13.7. The molecule has 0 N–H and O–H groups in total. The molecule has 0 bridgehead atoms. The molecule has 1 aliphatic heterocycles. The minimum absolute atomic E-state index is 0.271. The van der Waals surface area contributed by atoms with Crippen LogP contribution in [0.5, 0.6) is 0 Å². The molecule has 1 saturated heterocycles. The zero-order chi connectivity index (χ0) is 20.7. The zero-order valence-corrected chi connectivity index (χ0v) is 18.1. The third kappa shape index (κ3) is 3.48. The molecule has 2 aromatic heterocycles. The van der Waals surface area contributed by atoms with Crippen LogP contribution >= 0.6 is 15.9 Å². The lowest BCUT2D eigenvalue weighted by Crippen LogP contribution is -2.44. The fraction of sp³-hybridized carbons (Fsp3) is 0.217. The van der Waals surface area contributed by atoms with E-state index in [-0.39, 0.29) is 5.82 Å². The van der Waals surface area contributed by atoms with E-state index < -0.39 is 0 Å². The lowest BCUT2D eigenvalue weighted by atomic mass is 9.99. The SMILES string of the molecule is CN1CCN(c2ncnc3oc(-c4ccc(Br)cc4)c(-c4ccc(F)cc4)c23)CC1. The number of furan rings is 1. The van der Waals surface area contributed by atoms with E-state index in [2.05, 4.69) is 42.7 Å². The van der Waals surface area contributed by atoms with Crippen LogP contribution in [0.4, 0.5) is 10.2 Å². The van der Waals surface area contributed by atoms with Gasteiger partial charge < -0.3 is 14.2 Å². The minimum atomic E-state index is -0.271. The summed E-state index contributed by atoms with van der Waals surface area (Å²) in [5.41, 5.74) is 3.23. The smallest absolute Gasteiger partial charge is 0.232 e. The number of benzene rings is 2. The van der Waals surface area contributed by atoms with Gasteiger partial charge in [-0.05, 0) is 36.9 Å². The molecule has 0 spiro atoms. The largest absolute Gasteiger partial charge is 0.437 e. The first kappa shape index (κ1) is 19.2. The van der Waals surface area contributed by atoms with E-state index in [1.54, 1.807) is 18.5 Å². The molecular formula is C23H20BrFN4O. The predicted molar refractivity (Wildman–Crippen MR) is 120 cm³/mol. The van der Waals surface area contributed by atoms with Crippen LogP contribution in [-0.4, -0.2) is 48.1 Å². The van der Waals surface area contributed by atoms with Gasteiger partial charge in [-0.15, -0.1) is 0 Å². The molecule has 0 unspecified atom stereocenters. The lowest BCUT2D eigenvalue weighted by molar-refractivity contribution is 0.312.